The van der Waals surface area contributed by atoms with E-state index in [1.54, 1.807) is 7.05 Å². The molecule has 2 heterocycles. The third-order valence-electron chi connectivity index (χ3n) is 5.95. The van der Waals surface area contributed by atoms with E-state index in [9.17, 15) is 18.0 Å². The van der Waals surface area contributed by atoms with E-state index in [2.05, 4.69) is 10.3 Å². The number of nitrogens with zero attached hydrogens (tertiary/aromatic N) is 2. The molecule has 0 atom stereocenters. The lowest BCUT2D eigenvalue weighted by Crippen LogP contribution is -2.24. The SMILES string of the molecule is CNC(=O)c1c(-c2ccc(C)cc2)oc2nc(CN(CCCC(=O)O)[SH](=O)=O)c(C3CC3)cc12. The summed E-state index contributed by atoms with van der Waals surface area (Å²) in [6.45, 7) is 2.09. The van der Waals surface area contributed by atoms with Crippen LogP contribution < -0.4 is 5.32 Å². The first-order chi connectivity index (χ1) is 16.3. The van der Waals surface area contributed by atoms with Crippen molar-refractivity contribution in [3.8, 4) is 11.3 Å². The van der Waals surface area contributed by atoms with Crippen LogP contribution in [0.4, 0.5) is 0 Å². The maximum absolute atomic E-state index is 12.8. The van der Waals surface area contributed by atoms with E-state index >= 15 is 0 Å². The molecule has 0 unspecified atom stereocenters. The molecule has 1 amide bonds. The smallest absolute Gasteiger partial charge is 0.303 e. The predicted molar refractivity (Wildman–Crippen MR) is 127 cm³/mol. The van der Waals surface area contributed by atoms with E-state index in [4.69, 9.17) is 9.52 Å². The fourth-order valence-electron chi connectivity index (χ4n) is 4.01. The summed E-state index contributed by atoms with van der Waals surface area (Å²) in [7, 11) is -1.36. The lowest BCUT2D eigenvalue weighted by atomic mass is 10.0. The van der Waals surface area contributed by atoms with E-state index in [1.165, 1.54) is 4.31 Å². The van der Waals surface area contributed by atoms with Crippen LogP contribution in [-0.4, -0.2) is 48.3 Å². The minimum atomic E-state index is -2.92. The topological polar surface area (TPSA) is 130 Å². The van der Waals surface area contributed by atoms with Crippen LogP contribution >= 0.6 is 0 Å². The van der Waals surface area contributed by atoms with Crippen molar-refractivity contribution >= 4 is 33.9 Å². The molecule has 1 fully saturated rings. The van der Waals surface area contributed by atoms with Gasteiger partial charge in [0.2, 0.25) is 16.6 Å². The summed E-state index contributed by atoms with van der Waals surface area (Å²) >= 11 is 0. The average molecular weight is 486 g/mol. The van der Waals surface area contributed by atoms with Crippen molar-refractivity contribution in [1.82, 2.24) is 14.6 Å². The molecule has 10 heteroatoms. The first kappa shape index (κ1) is 23.9. The zero-order valence-corrected chi connectivity index (χ0v) is 19.9. The van der Waals surface area contributed by atoms with Gasteiger partial charge in [-0.3, -0.25) is 9.59 Å². The summed E-state index contributed by atoms with van der Waals surface area (Å²) in [6.07, 6.45) is 2.01. The monoisotopic (exact) mass is 485 g/mol. The Morgan fingerprint density at radius 3 is 2.53 bits per heavy atom. The van der Waals surface area contributed by atoms with Gasteiger partial charge in [0.1, 0.15) is 5.76 Å². The summed E-state index contributed by atoms with van der Waals surface area (Å²) in [5.74, 6) is -0.606. The Hall–Kier alpha value is -3.24. The summed E-state index contributed by atoms with van der Waals surface area (Å²) in [5, 5.41) is 12.1. The first-order valence-electron chi connectivity index (χ1n) is 11.1. The number of carboxylic acids is 1. The van der Waals surface area contributed by atoms with Crippen LogP contribution in [0.3, 0.4) is 0 Å². The molecule has 2 N–H and O–H groups in total. The number of hydrogen-bond donors (Lipinski definition) is 3. The third kappa shape index (κ3) is 5.13. The van der Waals surface area contributed by atoms with Crippen LogP contribution in [0.15, 0.2) is 34.7 Å². The van der Waals surface area contributed by atoms with Crippen molar-refractivity contribution < 1.29 is 27.5 Å². The van der Waals surface area contributed by atoms with Gasteiger partial charge in [0, 0.05) is 25.6 Å². The number of carboxylic acid groups (broad SMARTS) is 1. The largest absolute Gasteiger partial charge is 0.481 e. The van der Waals surface area contributed by atoms with Gasteiger partial charge in [-0.25, -0.2) is 13.4 Å². The fourth-order valence-corrected chi connectivity index (χ4v) is 4.57. The van der Waals surface area contributed by atoms with E-state index in [0.29, 0.717) is 22.4 Å². The number of aromatic nitrogens is 1. The van der Waals surface area contributed by atoms with Gasteiger partial charge in [-0.15, -0.1) is 0 Å². The number of fused-ring (bicyclic) bond motifs is 1. The Morgan fingerprint density at radius 1 is 1.24 bits per heavy atom. The maximum atomic E-state index is 12.8. The highest BCUT2D eigenvalue weighted by molar-refractivity contribution is 7.69. The highest BCUT2D eigenvalue weighted by atomic mass is 32.2. The number of thiol groups is 1. The molecular formula is C24H27N3O6S. The fraction of sp³-hybridized carbons (Fsp3) is 0.375. The Bertz CT molecular complexity index is 1300. The van der Waals surface area contributed by atoms with Crippen molar-refractivity contribution in [3.05, 3.63) is 52.7 Å². The molecule has 0 spiro atoms. The molecule has 1 aromatic carbocycles. The third-order valence-corrected chi connectivity index (χ3v) is 6.75. The second kappa shape index (κ2) is 9.94. The number of benzene rings is 1. The van der Waals surface area contributed by atoms with Gasteiger partial charge in [0.25, 0.3) is 5.91 Å². The van der Waals surface area contributed by atoms with E-state index < -0.39 is 16.9 Å². The number of aliphatic carboxylic acids is 1. The van der Waals surface area contributed by atoms with Gasteiger partial charge in [-0.2, -0.15) is 4.31 Å². The van der Waals surface area contributed by atoms with Gasteiger partial charge >= 0.3 is 5.97 Å². The second-order valence-electron chi connectivity index (χ2n) is 8.53. The standard InChI is InChI=1S/C24H27N3O6S/c1-14-5-7-16(8-6-14)22-21(23(30)25-2)18-12-17(15-9-10-15)19(26-24(18)33-22)13-27(34(31)32)11-3-4-20(28)29/h5-8,12,15,34H,3-4,9-11,13H2,1-2H3,(H,25,30)(H,28,29). The molecule has 9 nitrogen and oxygen atoms in total. The summed E-state index contributed by atoms with van der Waals surface area (Å²) in [4.78, 5) is 28.3. The Kier molecular flexibility index (Phi) is 6.99. The molecule has 0 aliphatic heterocycles. The molecule has 4 rings (SSSR count). The van der Waals surface area contributed by atoms with E-state index in [-0.39, 0.29) is 43.5 Å². The minimum Gasteiger partial charge on any atom is -0.481 e. The number of hydrogen-bond acceptors (Lipinski definition) is 6. The van der Waals surface area contributed by atoms with Crippen molar-refractivity contribution in [2.45, 2.75) is 45.1 Å². The van der Waals surface area contributed by atoms with E-state index in [1.807, 2.05) is 37.3 Å². The van der Waals surface area contributed by atoms with Gasteiger partial charge in [-0.1, -0.05) is 29.8 Å². The normalized spacial score (nSPS) is 13.6. The number of aryl methyl sites for hydroxylation is 1. The molecule has 3 aromatic rings. The Balaban J connectivity index is 1.79. The van der Waals surface area contributed by atoms with Crippen LogP contribution in [0.1, 0.15) is 58.8 Å². The second-order valence-corrected chi connectivity index (χ2v) is 9.57. The molecule has 34 heavy (non-hydrogen) atoms. The number of rotatable bonds is 10. The average Bonchev–Trinajstić information content (AvgIpc) is 3.58. The number of carbonyl (C=O) groups is 2. The van der Waals surface area contributed by atoms with Gasteiger partial charge < -0.3 is 14.8 Å². The molecule has 1 saturated carbocycles. The van der Waals surface area contributed by atoms with Crippen LogP contribution in [0, 0.1) is 6.92 Å². The predicted octanol–water partition coefficient (Wildman–Crippen LogP) is 3.23. The highest BCUT2D eigenvalue weighted by Gasteiger charge is 2.31. The number of pyridine rings is 1. The molecule has 0 radical (unpaired) electrons. The number of furan rings is 1. The van der Waals surface area contributed by atoms with Gasteiger partial charge in [0.05, 0.1) is 23.2 Å². The van der Waals surface area contributed by atoms with Gasteiger partial charge in [0.15, 0.2) is 0 Å². The number of nitrogens with one attached hydrogen (secondary N) is 1. The molecular weight excluding hydrogens is 458 g/mol. The molecule has 0 bridgehead atoms. The van der Waals surface area contributed by atoms with Crippen molar-refractivity contribution in [2.24, 2.45) is 0 Å². The summed E-state index contributed by atoms with van der Waals surface area (Å²) in [5.41, 5.74) is 3.95. The Labute approximate surface area is 198 Å². The lowest BCUT2D eigenvalue weighted by molar-refractivity contribution is -0.137. The quantitative estimate of drug-likeness (QED) is 0.376. The molecule has 180 valence electrons. The first-order valence-corrected chi connectivity index (χ1v) is 12.3. The van der Waals surface area contributed by atoms with Crippen LogP contribution in [0.2, 0.25) is 0 Å². The summed E-state index contributed by atoms with van der Waals surface area (Å²) in [6, 6.07) is 9.53. The van der Waals surface area contributed by atoms with Crippen molar-refractivity contribution in [2.75, 3.05) is 13.6 Å². The van der Waals surface area contributed by atoms with Gasteiger partial charge in [-0.05, 0) is 43.7 Å². The molecule has 2 aromatic heterocycles. The molecule has 0 saturated heterocycles. The van der Waals surface area contributed by atoms with Crippen molar-refractivity contribution in [1.29, 1.82) is 0 Å². The zero-order valence-electron chi connectivity index (χ0n) is 19.0. The zero-order chi connectivity index (χ0) is 24.4. The Morgan fingerprint density at radius 2 is 1.94 bits per heavy atom. The molecule has 1 aliphatic carbocycles. The minimum absolute atomic E-state index is 0.0238. The highest BCUT2D eigenvalue weighted by Crippen LogP contribution is 2.44. The lowest BCUT2D eigenvalue weighted by Gasteiger charge is -2.16. The number of amides is 1. The number of carbonyl (C=O) groups excluding carboxylic acids is 1. The maximum Gasteiger partial charge on any atom is 0.303 e. The van der Waals surface area contributed by atoms with Crippen LogP contribution in [0.5, 0.6) is 0 Å². The van der Waals surface area contributed by atoms with Crippen LogP contribution in [0.25, 0.3) is 22.4 Å². The van der Waals surface area contributed by atoms with E-state index in [0.717, 1.165) is 29.5 Å². The van der Waals surface area contributed by atoms with Crippen molar-refractivity contribution in [3.63, 3.8) is 0 Å². The summed E-state index contributed by atoms with van der Waals surface area (Å²) < 4.78 is 31.0. The van der Waals surface area contributed by atoms with Crippen LogP contribution in [-0.2, 0) is 22.2 Å². The molecule has 1 aliphatic rings.